The minimum Gasteiger partial charge on any atom is -0.368 e. The lowest BCUT2D eigenvalue weighted by molar-refractivity contribution is -0.118. The Morgan fingerprint density at radius 1 is 1.64 bits per heavy atom. The molecule has 1 amide bonds. The third-order valence-corrected chi connectivity index (χ3v) is 1.56. The van der Waals surface area contributed by atoms with E-state index in [1.54, 1.807) is 6.92 Å². The van der Waals surface area contributed by atoms with Gasteiger partial charge in [0.1, 0.15) is 17.9 Å². The Morgan fingerprint density at radius 3 is 2.79 bits per heavy atom. The first-order valence-electron chi connectivity index (χ1n) is 3.91. The van der Waals surface area contributed by atoms with Crippen molar-refractivity contribution in [3.05, 3.63) is 18.1 Å². The number of nitrogens with zero attached hydrogens (tertiary/aromatic N) is 3. The molecule has 1 heterocycles. The molecule has 0 saturated carbocycles. The Bertz CT molecular complexity index is 366. The molecule has 0 bridgehead atoms. The third-order valence-electron chi connectivity index (χ3n) is 1.56. The number of hydrogen-bond acceptors (Lipinski definition) is 5. The number of primary amides is 1. The van der Waals surface area contributed by atoms with E-state index in [4.69, 9.17) is 11.0 Å². The molecule has 1 atom stereocenters. The van der Waals surface area contributed by atoms with Gasteiger partial charge in [-0.1, -0.05) is 0 Å². The van der Waals surface area contributed by atoms with Crippen molar-refractivity contribution in [3.63, 3.8) is 0 Å². The average Bonchev–Trinajstić information content (AvgIpc) is 2.19. The summed E-state index contributed by atoms with van der Waals surface area (Å²) in [4.78, 5) is 18.3. The van der Waals surface area contributed by atoms with Crippen LogP contribution < -0.4 is 11.1 Å². The van der Waals surface area contributed by atoms with Crippen molar-refractivity contribution in [2.24, 2.45) is 5.73 Å². The molecule has 1 rings (SSSR count). The average molecular weight is 191 g/mol. The van der Waals surface area contributed by atoms with Crippen molar-refractivity contribution in [3.8, 4) is 6.07 Å². The van der Waals surface area contributed by atoms with Crippen molar-refractivity contribution in [1.82, 2.24) is 9.97 Å². The molecule has 6 heteroatoms. The molecule has 1 aromatic rings. The number of rotatable bonds is 3. The number of aromatic nitrogens is 2. The molecular formula is C8H9N5O. The molecule has 1 unspecified atom stereocenters. The van der Waals surface area contributed by atoms with Crippen LogP contribution in [0.4, 0.5) is 5.82 Å². The molecular weight excluding hydrogens is 182 g/mol. The van der Waals surface area contributed by atoms with Crippen LogP contribution in [0, 0.1) is 11.3 Å². The molecule has 0 aliphatic rings. The number of anilines is 1. The largest absolute Gasteiger partial charge is 0.368 e. The van der Waals surface area contributed by atoms with Gasteiger partial charge in [0.15, 0.2) is 5.69 Å². The van der Waals surface area contributed by atoms with Gasteiger partial charge < -0.3 is 11.1 Å². The van der Waals surface area contributed by atoms with E-state index >= 15 is 0 Å². The maximum absolute atomic E-state index is 10.7. The van der Waals surface area contributed by atoms with Crippen molar-refractivity contribution < 1.29 is 4.79 Å². The Hall–Kier alpha value is -2.16. The number of amides is 1. The number of nitrogens with one attached hydrogen (secondary N) is 1. The van der Waals surface area contributed by atoms with Crippen LogP contribution in [0.15, 0.2) is 12.4 Å². The summed E-state index contributed by atoms with van der Waals surface area (Å²) in [5.74, 6) is -0.0635. The van der Waals surface area contributed by atoms with E-state index in [1.165, 1.54) is 12.4 Å². The molecule has 0 radical (unpaired) electrons. The van der Waals surface area contributed by atoms with Crippen LogP contribution in [0.5, 0.6) is 0 Å². The standard InChI is InChI=1S/C8H9N5O/c1-5(8(10)14)13-7-4-11-6(2-9)3-12-7/h3-5H,1H3,(H2,10,14)(H,12,13). The molecule has 0 aliphatic heterocycles. The van der Waals surface area contributed by atoms with Gasteiger partial charge in [-0.05, 0) is 6.92 Å². The SMILES string of the molecule is CC(Nc1cnc(C#N)cn1)C(N)=O. The number of carbonyl (C=O) groups excluding carboxylic acids is 1. The highest BCUT2D eigenvalue weighted by molar-refractivity contribution is 5.82. The van der Waals surface area contributed by atoms with Crippen LogP contribution in [0.2, 0.25) is 0 Å². The summed E-state index contributed by atoms with van der Waals surface area (Å²) < 4.78 is 0. The highest BCUT2D eigenvalue weighted by Gasteiger charge is 2.08. The van der Waals surface area contributed by atoms with E-state index in [1.807, 2.05) is 6.07 Å². The summed E-state index contributed by atoms with van der Waals surface area (Å²) in [6, 6.07) is 1.32. The summed E-state index contributed by atoms with van der Waals surface area (Å²) in [6.45, 7) is 1.61. The van der Waals surface area contributed by atoms with Gasteiger partial charge in [0.25, 0.3) is 0 Å². The van der Waals surface area contributed by atoms with Crippen LogP contribution in [0.25, 0.3) is 0 Å². The molecule has 0 saturated heterocycles. The summed E-state index contributed by atoms with van der Waals surface area (Å²) in [5.41, 5.74) is 5.26. The second kappa shape index (κ2) is 4.18. The van der Waals surface area contributed by atoms with Gasteiger partial charge in [0, 0.05) is 0 Å². The molecule has 0 aromatic carbocycles. The zero-order chi connectivity index (χ0) is 10.6. The minimum absolute atomic E-state index is 0.224. The van der Waals surface area contributed by atoms with Gasteiger partial charge in [-0.3, -0.25) is 4.79 Å². The molecule has 14 heavy (non-hydrogen) atoms. The van der Waals surface area contributed by atoms with Gasteiger partial charge in [0.2, 0.25) is 5.91 Å². The van der Waals surface area contributed by atoms with Gasteiger partial charge in [-0.2, -0.15) is 5.26 Å². The summed E-state index contributed by atoms with van der Waals surface area (Å²) in [7, 11) is 0. The van der Waals surface area contributed by atoms with E-state index in [2.05, 4.69) is 15.3 Å². The first kappa shape index (κ1) is 9.92. The molecule has 6 nitrogen and oxygen atoms in total. The van der Waals surface area contributed by atoms with Crippen LogP contribution in [0.1, 0.15) is 12.6 Å². The summed E-state index contributed by atoms with van der Waals surface area (Å²) in [5, 5.41) is 11.2. The first-order valence-corrected chi connectivity index (χ1v) is 3.91. The quantitative estimate of drug-likeness (QED) is 0.678. The zero-order valence-electron chi connectivity index (χ0n) is 7.56. The number of nitrogens with two attached hydrogens (primary N) is 1. The Balaban J connectivity index is 2.70. The molecule has 0 spiro atoms. The minimum atomic E-state index is -0.516. The van der Waals surface area contributed by atoms with Crippen LogP contribution >= 0.6 is 0 Å². The summed E-state index contributed by atoms with van der Waals surface area (Å²) in [6.07, 6.45) is 2.69. The van der Waals surface area contributed by atoms with Gasteiger partial charge in [-0.25, -0.2) is 9.97 Å². The van der Waals surface area contributed by atoms with Crippen LogP contribution in [-0.2, 0) is 4.79 Å². The maximum Gasteiger partial charge on any atom is 0.239 e. The number of carbonyl (C=O) groups is 1. The third kappa shape index (κ3) is 2.42. The molecule has 0 aliphatic carbocycles. The second-order valence-corrected chi connectivity index (χ2v) is 2.67. The molecule has 3 N–H and O–H groups in total. The fourth-order valence-electron chi connectivity index (χ4n) is 0.753. The van der Waals surface area contributed by atoms with Crippen LogP contribution in [-0.4, -0.2) is 21.9 Å². The smallest absolute Gasteiger partial charge is 0.239 e. The highest BCUT2D eigenvalue weighted by Crippen LogP contribution is 2.01. The first-order chi connectivity index (χ1) is 6.63. The fraction of sp³-hybridized carbons (Fsp3) is 0.250. The summed E-state index contributed by atoms with van der Waals surface area (Å²) >= 11 is 0. The Morgan fingerprint density at radius 2 is 2.36 bits per heavy atom. The van der Waals surface area contributed by atoms with Crippen molar-refractivity contribution >= 4 is 11.7 Å². The normalized spacial score (nSPS) is 11.4. The molecule has 72 valence electrons. The van der Waals surface area contributed by atoms with Crippen molar-refractivity contribution in [2.45, 2.75) is 13.0 Å². The van der Waals surface area contributed by atoms with Gasteiger partial charge in [0.05, 0.1) is 12.4 Å². The number of nitriles is 1. The number of hydrogen-bond donors (Lipinski definition) is 2. The van der Waals surface area contributed by atoms with E-state index in [-0.39, 0.29) is 5.69 Å². The predicted octanol–water partition coefficient (Wildman–Crippen LogP) is -0.366. The van der Waals surface area contributed by atoms with Gasteiger partial charge >= 0.3 is 0 Å². The lowest BCUT2D eigenvalue weighted by Gasteiger charge is -2.09. The zero-order valence-corrected chi connectivity index (χ0v) is 7.56. The fourth-order valence-corrected chi connectivity index (χ4v) is 0.753. The van der Waals surface area contributed by atoms with E-state index in [0.29, 0.717) is 5.82 Å². The predicted molar refractivity (Wildman–Crippen MR) is 49.0 cm³/mol. The Labute approximate surface area is 80.8 Å². The highest BCUT2D eigenvalue weighted by atomic mass is 16.1. The van der Waals surface area contributed by atoms with Gasteiger partial charge in [-0.15, -0.1) is 0 Å². The lowest BCUT2D eigenvalue weighted by atomic mass is 10.3. The molecule has 1 aromatic heterocycles. The van der Waals surface area contributed by atoms with Crippen molar-refractivity contribution in [1.29, 1.82) is 5.26 Å². The van der Waals surface area contributed by atoms with E-state index < -0.39 is 11.9 Å². The topological polar surface area (TPSA) is 105 Å². The lowest BCUT2D eigenvalue weighted by Crippen LogP contribution is -2.32. The second-order valence-electron chi connectivity index (χ2n) is 2.67. The van der Waals surface area contributed by atoms with E-state index in [0.717, 1.165) is 0 Å². The van der Waals surface area contributed by atoms with Crippen molar-refractivity contribution in [2.75, 3.05) is 5.32 Å². The molecule has 0 fully saturated rings. The van der Waals surface area contributed by atoms with Crippen LogP contribution in [0.3, 0.4) is 0 Å². The Kier molecular flexibility index (Phi) is 2.97. The maximum atomic E-state index is 10.7. The monoisotopic (exact) mass is 191 g/mol. The van der Waals surface area contributed by atoms with E-state index in [9.17, 15) is 4.79 Å².